The molecule has 0 atom stereocenters. The van der Waals surface area contributed by atoms with Crippen LogP contribution >= 0.6 is 0 Å². The smallest absolute Gasteiger partial charge is 0.119 e. The van der Waals surface area contributed by atoms with Crippen LogP contribution in [0.25, 0.3) is 0 Å². The van der Waals surface area contributed by atoms with Crippen LogP contribution in [-0.4, -0.2) is 55.1 Å². The zero-order valence-electron chi connectivity index (χ0n) is 16.1. The molecular weight excluding hydrogens is 338 g/mol. The predicted molar refractivity (Wildman–Crippen MR) is 110 cm³/mol. The van der Waals surface area contributed by atoms with Gasteiger partial charge in [-0.25, -0.2) is 0 Å². The Kier molecular flexibility index (Phi) is 7.11. The van der Waals surface area contributed by atoms with Gasteiger partial charge in [0, 0.05) is 38.4 Å². The molecule has 1 fully saturated rings. The summed E-state index contributed by atoms with van der Waals surface area (Å²) in [6, 6.07) is 18.4. The number of rotatable bonds is 8. The number of oxime groups is 1. The fraction of sp³-hybridized carbons (Fsp3) is 0.409. The second-order valence-corrected chi connectivity index (χ2v) is 6.79. The van der Waals surface area contributed by atoms with Crippen LogP contribution < -0.4 is 9.64 Å². The normalized spacial score (nSPS) is 15.7. The zero-order chi connectivity index (χ0) is 18.9. The van der Waals surface area contributed by atoms with E-state index in [1.807, 2.05) is 31.2 Å². The van der Waals surface area contributed by atoms with Crippen molar-refractivity contribution in [2.45, 2.75) is 19.8 Å². The van der Waals surface area contributed by atoms with Crippen molar-refractivity contribution >= 4 is 11.4 Å². The maximum absolute atomic E-state index is 8.98. The third-order valence-electron chi connectivity index (χ3n) is 5.02. The van der Waals surface area contributed by atoms with E-state index in [0.717, 1.165) is 50.5 Å². The number of nitrogens with zero attached hydrogens (tertiary/aromatic N) is 3. The molecule has 1 N–H and O–H groups in total. The van der Waals surface area contributed by atoms with Gasteiger partial charge in [-0.15, -0.1) is 0 Å². The van der Waals surface area contributed by atoms with Crippen LogP contribution in [0.15, 0.2) is 59.8 Å². The Bertz CT molecular complexity index is 708. The van der Waals surface area contributed by atoms with Crippen LogP contribution in [-0.2, 0) is 0 Å². The van der Waals surface area contributed by atoms with Crippen LogP contribution in [0.1, 0.15) is 25.3 Å². The van der Waals surface area contributed by atoms with E-state index in [4.69, 9.17) is 9.94 Å². The number of hydrogen-bond acceptors (Lipinski definition) is 5. The van der Waals surface area contributed by atoms with Crippen LogP contribution in [0.2, 0.25) is 0 Å². The highest BCUT2D eigenvalue weighted by atomic mass is 16.5. The van der Waals surface area contributed by atoms with E-state index in [1.165, 1.54) is 5.69 Å². The quantitative estimate of drug-likeness (QED) is 0.333. The standard InChI is InChI=1S/C22H29N3O2/c1-2-22(23-26)19-9-11-21(12-10-19)27-18-6-13-24-14-16-25(17-15-24)20-7-4-3-5-8-20/h3-5,7-12,26H,2,6,13-18H2,1H3/b23-22-. The summed E-state index contributed by atoms with van der Waals surface area (Å²) in [4.78, 5) is 4.96. The summed E-state index contributed by atoms with van der Waals surface area (Å²) in [6.45, 7) is 8.12. The van der Waals surface area contributed by atoms with E-state index >= 15 is 0 Å². The maximum Gasteiger partial charge on any atom is 0.119 e. The fourth-order valence-corrected chi connectivity index (χ4v) is 3.42. The molecule has 2 aromatic carbocycles. The van der Waals surface area contributed by atoms with E-state index in [-0.39, 0.29) is 0 Å². The second-order valence-electron chi connectivity index (χ2n) is 6.79. The van der Waals surface area contributed by atoms with Gasteiger partial charge in [-0.3, -0.25) is 4.90 Å². The summed E-state index contributed by atoms with van der Waals surface area (Å²) in [5, 5.41) is 12.3. The first-order chi connectivity index (χ1) is 13.3. The van der Waals surface area contributed by atoms with Gasteiger partial charge < -0.3 is 14.8 Å². The molecule has 0 amide bonds. The van der Waals surface area contributed by atoms with E-state index < -0.39 is 0 Å². The molecule has 0 aromatic heterocycles. The van der Waals surface area contributed by atoms with Gasteiger partial charge in [-0.2, -0.15) is 0 Å². The molecule has 2 aromatic rings. The van der Waals surface area contributed by atoms with Gasteiger partial charge in [0.2, 0.25) is 0 Å². The number of para-hydroxylation sites is 1. The Labute approximate surface area is 161 Å². The molecular formula is C22H29N3O2. The van der Waals surface area contributed by atoms with Gasteiger partial charge in [0.05, 0.1) is 12.3 Å². The lowest BCUT2D eigenvalue weighted by molar-refractivity contribution is 0.225. The Hall–Kier alpha value is -2.53. The first-order valence-corrected chi connectivity index (χ1v) is 9.76. The fourth-order valence-electron chi connectivity index (χ4n) is 3.42. The Morgan fingerprint density at radius 2 is 1.70 bits per heavy atom. The lowest BCUT2D eigenvalue weighted by Crippen LogP contribution is -2.46. The van der Waals surface area contributed by atoms with Gasteiger partial charge >= 0.3 is 0 Å². The molecule has 5 heteroatoms. The average Bonchev–Trinajstić information content (AvgIpc) is 2.74. The first-order valence-electron chi connectivity index (χ1n) is 9.76. The van der Waals surface area contributed by atoms with E-state index in [1.54, 1.807) is 0 Å². The summed E-state index contributed by atoms with van der Waals surface area (Å²) in [7, 11) is 0. The van der Waals surface area contributed by atoms with Crippen LogP contribution in [0.3, 0.4) is 0 Å². The maximum atomic E-state index is 8.98. The second kappa shape index (κ2) is 9.97. The Morgan fingerprint density at radius 1 is 1.00 bits per heavy atom. The molecule has 27 heavy (non-hydrogen) atoms. The molecule has 0 saturated carbocycles. The van der Waals surface area contributed by atoms with Crippen LogP contribution in [0.4, 0.5) is 5.69 Å². The number of hydrogen-bond donors (Lipinski definition) is 1. The molecule has 0 unspecified atom stereocenters. The molecule has 0 bridgehead atoms. The van der Waals surface area contributed by atoms with Crippen molar-refractivity contribution in [1.29, 1.82) is 0 Å². The van der Waals surface area contributed by atoms with Gasteiger partial charge in [0.25, 0.3) is 0 Å². The minimum atomic E-state index is 0.691. The highest BCUT2D eigenvalue weighted by Crippen LogP contribution is 2.16. The van der Waals surface area contributed by atoms with Gasteiger partial charge in [-0.1, -0.05) is 30.3 Å². The third kappa shape index (κ3) is 5.47. The van der Waals surface area contributed by atoms with Gasteiger partial charge in [-0.05, 0) is 54.8 Å². The van der Waals surface area contributed by atoms with Crippen molar-refractivity contribution in [2.75, 3.05) is 44.2 Å². The lowest BCUT2D eigenvalue weighted by Gasteiger charge is -2.36. The summed E-state index contributed by atoms with van der Waals surface area (Å²) in [5.74, 6) is 0.862. The molecule has 0 spiro atoms. The van der Waals surface area contributed by atoms with E-state index in [9.17, 15) is 0 Å². The molecule has 0 radical (unpaired) electrons. The minimum Gasteiger partial charge on any atom is -0.494 e. The number of ether oxygens (including phenoxy) is 1. The van der Waals surface area contributed by atoms with Crippen molar-refractivity contribution in [2.24, 2.45) is 5.16 Å². The molecule has 0 aliphatic carbocycles. The largest absolute Gasteiger partial charge is 0.494 e. The number of benzene rings is 2. The van der Waals surface area contributed by atoms with E-state index in [0.29, 0.717) is 18.7 Å². The van der Waals surface area contributed by atoms with Crippen molar-refractivity contribution in [1.82, 2.24) is 4.90 Å². The van der Waals surface area contributed by atoms with Crippen molar-refractivity contribution in [3.05, 3.63) is 60.2 Å². The van der Waals surface area contributed by atoms with Crippen molar-refractivity contribution < 1.29 is 9.94 Å². The summed E-state index contributed by atoms with van der Waals surface area (Å²) < 4.78 is 5.85. The monoisotopic (exact) mass is 367 g/mol. The van der Waals surface area contributed by atoms with Crippen molar-refractivity contribution in [3.8, 4) is 5.75 Å². The topological polar surface area (TPSA) is 48.3 Å². The SMILES string of the molecule is CC/C(=N/O)c1ccc(OCCCN2CCN(c3ccccc3)CC2)cc1. The molecule has 1 saturated heterocycles. The predicted octanol–water partition coefficient (Wildman–Crippen LogP) is 3.87. The molecule has 1 heterocycles. The lowest BCUT2D eigenvalue weighted by atomic mass is 10.1. The highest BCUT2D eigenvalue weighted by molar-refractivity contribution is 6.00. The van der Waals surface area contributed by atoms with Crippen molar-refractivity contribution in [3.63, 3.8) is 0 Å². The van der Waals surface area contributed by atoms with Crippen LogP contribution in [0, 0.1) is 0 Å². The Morgan fingerprint density at radius 3 is 2.33 bits per heavy atom. The molecule has 5 nitrogen and oxygen atoms in total. The summed E-state index contributed by atoms with van der Waals surface area (Å²) >= 11 is 0. The third-order valence-corrected chi connectivity index (χ3v) is 5.02. The van der Waals surface area contributed by atoms with Gasteiger partial charge in [0.1, 0.15) is 5.75 Å². The zero-order valence-corrected chi connectivity index (χ0v) is 16.1. The number of piperazine rings is 1. The minimum absolute atomic E-state index is 0.691. The molecule has 3 rings (SSSR count). The van der Waals surface area contributed by atoms with Gasteiger partial charge in [0.15, 0.2) is 0 Å². The number of anilines is 1. The van der Waals surface area contributed by atoms with Crippen LogP contribution in [0.5, 0.6) is 5.75 Å². The van der Waals surface area contributed by atoms with E-state index in [2.05, 4.69) is 45.3 Å². The summed E-state index contributed by atoms with van der Waals surface area (Å²) in [5.41, 5.74) is 2.95. The highest BCUT2D eigenvalue weighted by Gasteiger charge is 2.16. The Balaban J connectivity index is 1.35. The summed E-state index contributed by atoms with van der Waals surface area (Å²) in [6.07, 6.45) is 1.72. The first kappa shape index (κ1) is 19.2. The molecule has 1 aliphatic heterocycles. The molecule has 144 valence electrons. The average molecular weight is 367 g/mol. The molecule has 1 aliphatic rings.